The fourth-order valence-electron chi connectivity index (χ4n) is 2.89. The van der Waals surface area contributed by atoms with E-state index >= 15 is 0 Å². The number of pyridine rings is 1. The summed E-state index contributed by atoms with van der Waals surface area (Å²) < 4.78 is 61.9. The third-order valence-corrected chi connectivity index (χ3v) is 5.57. The molecule has 10 heteroatoms. The summed E-state index contributed by atoms with van der Waals surface area (Å²) in [7, 11) is 0. The highest BCUT2D eigenvalue weighted by molar-refractivity contribution is 9.10. The number of fused-ring (bicyclic) bond motifs is 1. The van der Waals surface area contributed by atoms with E-state index in [1.165, 1.54) is 13.2 Å². The molecule has 0 aliphatic carbocycles. The van der Waals surface area contributed by atoms with E-state index in [0.29, 0.717) is 12.1 Å². The lowest BCUT2D eigenvalue weighted by Crippen LogP contribution is -2.24. The Hall–Kier alpha value is -2.33. The summed E-state index contributed by atoms with van der Waals surface area (Å²) in [5, 5.41) is -0.446. The van der Waals surface area contributed by atoms with E-state index in [2.05, 4.69) is 15.9 Å². The largest absolute Gasteiger partial charge is 0.462 e. The van der Waals surface area contributed by atoms with Crippen LogP contribution in [0.4, 0.5) is 17.6 Å². The molecule has 0 unspecified atom stereocenters. The van der Waals surface area contributed by atoms with Crippen LogP contribution in [0.3, 0.4) is 0 Å². The van der Waals surface area contributed by atoms with Gasteiger partial charge in [-0.05, 0) is 47.3 Å². The number of halogens is 5. The maximum atomic E-state index is 14.6. The van der Waals surface area contributed by atoms with E-state index < -0.39 is 44.7 Å². The van der Waals surface area contributed by atoms with Crippen molar-refractivity contribution in [1.82, 2.24) is 4.57 Å². The molecule has 0 radical (unpaired) electrons. The maximum absolute atomic E-state index is 14.6. The van der Waals surface area contributed by atoms with Crippen molar-refractivity contribution in [3.8, 4) is 5.69 Å². The molecule has 29 heavy (non-hydrogen) atoms. The number of aromatic nitrogens is 1. The minimum absolute atomic E-state index is 0.0451. The van der Waals surface area contributed by atoms with Gasteiger partial charge in [0, 0.05) is 6.07 Å². The van der Waals surface area contributed by atoms with Crippen LogP contribution in [0.5, 0.6) is 0 Å². The molecule has 0 spiro atoms. The minimum atomic E-state index is -1.33. The first-order valence-electron chi connectivity index (χ1n) is 8.15. The zero-order valence-electron chi connectivity index (χ0n) is 15.0. The smallest absolute Gasteiger partial charge is 0.344 e. The summed E-state index contributed by atoms with van der Waals surface area (Å²) in [5.74, 6) is -5.52. The number of nitrogens with zero attached hydrogens (tertiary/aromatic N) is 1. The summed E-state index contributed by atoms with van der Waals surface area (Å²) in [5.41, 5.74) is -1.84. The van der Waals surface area contributed by atoms with E-state index in [1.807, 2.05) is 0 Å². The quantitative estimate of drug-likeness (QED) is 0.218. The van der Waals surface area contributed by atoms with Crippen molar-refractivity contribution in [3.05, 3.63) is 67.8 Å². The molecule has 0 saturated heterocycles. The lowest BCUT2D eigenvalue weighted by Gasteiger charge is -2.20. The fourth-order valence-corrected chi connectivity index (χ4v) is 4.22. The van der Waals surface area contributed by atoms with Crippen molar-refractivity contribution in [2.45, 2.75) is 11.9 Å². The second-order valence-electron chi connectivity index (χ2n) is 5.75. The standard InChI is InChI=1S/C19H12BrF4NO3S/c1-3-28-19(27)13-17(26)9-7-11(23)15(24)14(20)16(9)25(18(13)29-2)12-5-4-8(21)6-10(12)22/h4-7H,3H2,1-2H3. The molecule has 0 fully saturated rings. The highest BCUT2D eigenvalue weighted by Gasteiger charge is 2.28. The fraction of sp³-hybridized carbons (Fsp3) is 0.158. The highest BCUT2D eigenvalue weighted by Crippen LogP contribution is 2.35. The van der Waals surface area contributed by atoms with Crippen LogP contribution in [-0.4, -0.2) is 23.4 Å². The third-order valence-electron chi connectivity index (χ3n) is 4.07. The highest BCUT2D eigenvalue weighted by atomic mass is 79.9. The van der Waals surface area contributed by atoms with E-state index in [4.69, 9.17) is 4.74 Å². The Morgan fingerprint density at radius 1 is 1.17 bits per heavy atom. The van der Waals surface area contributed by atoms with Gasteiger partial charge in [0.2, 0.25) is 5.43 Å². The average molecular weight is 490 g/mol. The summed E-state index contributed by atoms with van der Waals surface area (Å²) in [6.07, 6.45) is 1.51. The summed E-state index contributed by atoms with van der Waals surface area (Å²) in [4.78, 5) is 25.4. The lowest BCUT2D eigenvalue weighted by molar-refractivity contribution is 0.0519. The van der Waals surface area contributed by atoms with Gasteiger partial charge in [-0.1, -0.05) is 0 Å². The molecule has 0 amide bonds. The molecule has 0 aliphatic rings. The van der Waals surface area contributed by atoms with Gasteiger partial charge in [-0.25, -0.2) is 22.4 Å². The molecule has 0 bridgehead atoms. The number of hydrogen-bond acceptors (Lipinski definition) is 4. The third kappa shape index (κ3) is 3.55. The Balaban J connectivity index is 2.63. The van der Waals surface area contributed by atoms with Gasteiger partial charge >= 0.3 is 5.97 Å². The number of rotatable bonds is 4. The Morgan fingerprint density at radius 2 is 1.86 bits per heavy atom. The molecular weight excluding hydrogens is 478 g/mol. The van der Waals surface area contributed by atoms with Crippen molar-refractivity contribution in [1.29, 1.82) is 0 Å². The van der Waals surface area contributed by atoms with Crippen LogP contribution >= 0.6 is 27.7 Å². The molecule has 152 valence electrons. The Kier molecular flexibility index (Phi) is 6.04. The first-order chi connectivity index (χ1) is 13.7. The molecule has 1 heterocycles. The number of benzene rings is 2. The first-order valence-corrected chi connectivity index (χ1v) is 10.2. The number of ether oxygens (including phenoxy) is 1. The lowest BCUT2D eigenvalue weighted by atomic mass is 10.1. The Bertz CT molecular complexity index is 1210. The van der Waals surface area contributed by atoms with E-state index in [9.17, 15) is 27.2 Å². The van der Waals surface area contributed by atoms with Crippen molar-refractivity contribution >= 4 is 44.6 Å². The maximum Gasteiger partial charge on any atom is 0.344 e. The number of carbonyl (C=O) groups is 1. The number of esters is 1. The second kappa shape index (κ2) is 8.19. The van der Waals surface area contributed by atoms with Crippen molar-refractivity contribution in [2.75, 3.05) is 12.9 Å². The normalized spacial score (nSPS) is 11.1. The van der Waals surface area contributed by atoms with E-state index in [0.717, 1.165) is 28.5 Å². The molecule has 0 N–H and O–H groups in total. The van der Waals surface area contributed by atoms with Gasteiger partial charge in [-0.3, -0.25) is 9.36 Å². The monoisotopic (exact) mass is 489 g/mol. The van der Waals surface area contributed by atoms with Crippen molar-refractivity contribution in [2.24, 2.45) is 0 Å². The molecular formula is C19H12BrF4NO3S. The van der Waals surface area contributed by atoms with Crippen LogP contribution in [0, 0.1) is 23.3 Å². The molecule has 4 nitrogen and oxygen atoms in total. The van der Waals surface area contributed by atoms with Gasteiger partial charge in [-0.15, -0.1) is 11.8 Å². The zero-order valence-corrected chi connectivity index (χ0v) is 17.4. The SMILES string of the molecule is CCOC(=O)c1c(SC)n(-c2ccc(F)cc2F)c2c(Br)c(F)c(F)cc2c1=O. The van der Waals surface area contributed by atoms with Crippen LogP contribution in [0.15, 0.2) is 38.6 Å². The van der Waals surface area contributed by atoms with Crippen molar-refractivity contribution < 1.29 is 27.1 Å². The predicted octanol–water partition coefficient (Wildman–Crippen LogP) is 5.21. The first kappa shape index (κ1) is 21.4. The van der Waals surface area contributed by atoms with Crippen LogP contribution in [0.25, 0.3) is 16.6 Å². The van der Waals surface area contributed by atoms with Gasteiger partial charge in [-0.2, -0.15) is 0 Å². The van der Waals surface area contributed by atoms with Gasteiger partial charge in [0.1, 0.15) is 17.2 Å². The van der Waals surface area contributed by atoms with Crippen LogP contribution < -0.4 is 5.43 Å². The van der Waals surface area contributed by atoms with Gasteiger partial charge in [0.15, 0.2) is 11.6 Å². The second-order valence-corrected chi connectivity index (χ2v) is 7.34. The Labute approximate surface area is 174 Å². The van der Waals surface area contributed by atoms with Crippen molar-refractivity contribution in [3.63, 3.8) is 0 Å². The number of hydrogen-bond donors (Lipinski definition) is 0. The average Bonchev–Trinajstić information content (AvgIpc) is 2.67. The molecule has 0 atom stereocenters. The zero-order chi connectivity index (χ0) is 21.5. The molecule has 3 aromatic rings. The van der Waals surface area contributed by atoms with Crippen LogP contribution in [0.2, 0.25) is 0 Å². The van der Waals surface area contributed by atoms with Gasteiger partial charge < -0.3 is 4.74 Å². The molecule has 2 aromatic carbocycles. The van der Waals surface area contributed by atoms with Gasteiger partial charge in [0.05, 0.1) is 32.7 Å². The summed E-state index contributed by atoms with van der Waals surface area (Å²) >= 11 is 3.81. The van der Waals surface area contributed by atoms with E-state index in [-0.39, 0.29) is 28.2 Å². The topological polar surface area (TPSA) is 48.3 Å². The van der Waals surface area contributed by atoms with E-state index in [1.54, 1.807) is 0 Å². The van der Waals surface area contributed by atoms with Gasteiger partial charge in [0.25, 0.3) is 0 Å². The predicted molar refractivity (Wildman–Crippen MR) is 105 cm³/mol. The molecule has 0 saturated carbocycles. The molecule has 3 rings (SSSR count). The van der Waals surface area contributed by atoms with Crippen LogP contribution in [-0.2, 0) is 4.74 Å². The number of thioether (sulfide) groups is 1. The van der Waals surface area contributed by atoms with Crippen LogP contribution in [0.1, 0.15) is 17.3 Å². The molecule has 0 aliphatic heterocycles. The summed E-state index contributed by atoms with van der Waals surface area (Å²) in [6.45, 7) is 1.48. The molecule has 1 aromatic heterocycles. The number of carbonyl (C=O) groups excluding carboxylic acids is 1. The minimum Gasteiger partial charge on any atom is -0.462 e. The summed E-state index contributed by atoms with van der Waals surface area (Å²) in [6, 6.07) is 3.25. The Morgan fingerprint density at radius 3 is 2.45 bits per heavy atom.